The number of rotatable bonds is 4. The largest absolute Gasteiger partial charge is 0.342 e. The number of likely N-dealkylation sites (tertiary alicyclic amines) is 1. The topological polar surface area (TPSA) is 63.4 Å². The standard InChI is InChI=1S/C23H31N5OS2/c1-13(2)20-24-22-19(16-8-7-14(3)10-17(16)31-22)21-25-26-23(28(20)21)30-12-18(29)27-9-5-6-15(4)11-27/h13-15H,5-12H2,1-4H3. The van der Waals surface area contributed by atoms with Crippen molar-refractivity contribution in [2.45, 2.75) is 70.9 Å². The second-order valence-electron chi connectivity index (χ2n) is 9.67. The van der Waals surface area contributed by atoms with E-state index >= 15 is 0 Å². The molecule has 2 aliphatic rings. The molecule has 0 spiro atoms. The third-order valence-electron chi connectivity index (χ3n) is 6.65. The van der Waals surface area contributed by atoms with Crippen LogP contribution in [0, 0.1) is 11.8 Å². The molecule has 0 radical (unpaired) electrons. The van der Waals surface area contributed by atoms with Crippen molar-refractivity contribution >= 4 is 44.9 Å². The summed E-state index contributed by atoms with van der Waals surface area (Å²) < 4.78 is 2.12. The molecule has 3 aromatic rings. The van der Waals surface area contributed by atoms with E-state index in [4.69, 9.17) is 4.98 Å². The van der Waals surface area contributed by atoms with Crippen molar-refractivity contribution in [3.05, 3.63) is 16.3 Å². The summed E-state index contributed by atoms with van der Waals surface area (Å²) in [6.07, 6.45) is 5.77. The van der Waals surface area contributed by atoms with Gasteiger partial charge in [0.25, 0.3) is 0 Å². The first-order chi connectivity index (χ1) is 14.9. The van der Waals surface area contributed by atoms with Crippen LogP contribution in [0.5, 0.6) is 0 Å². The van der Waals surface area contributed by atoms with Gasteiger partial charge in [0.1, 0.15) is 10.7 Å². The van der Waals surface area contributed by atoms with Crippen molar-refractivity contribution in [1.29, 1.82) is 0 Å². The average Bonchev–Trinajstić information content (AvgIpc) is 3.31. The molecule has 0 saturated carbocycles. The number of carbonyl (C=O) groups excluding carboxylic acids is 1. The first kappa shape index (κ1) is 21.2. The Labute approximate surface area is 191 Å². The van der Waals surface area contributed by atoms with Gasteiger partial charge in [-0.15, -0.1) is 21.5 Å². The molecular formula is C23H31N5OS2. The normalized spacial score (nSPS) is 21.9. The average molecular weight is 458 g/mol. The molecule has 2 unspecified atom stereocenters. The summed E-state index contributed by atoms with van der Waals surface area (Å²) in [5.41, 5.74) is 2.34. The zero-order valence-electron chi connectivity index (χ0n) is 18.8. The van der Waals surface area contributed by atoms with Crippen molar-refractivity contribution in [2.75, 3.05) is 18.8 Å². The first-order valence-corrected chi connectivity index (χ1v) is 13.3. The predicted molar refractivity (Wildman–Crippen MR) is 127 cm³/mol. The van der Waals surface area contributed by atoms with E-state index in [-0.39, 0.29) is 11.8 Å². The van der Waals surface area contributed by atoms with Crippen molar-refractivity contribution < 1.29 is 4.79 Å². The van der Waals surface area contributed by atoms with Gasteiger partial charge in [0, 0.05) is 23.9 Å². The zero-order valence-corrected chi connectivity index (χ0v) is 20.5. The highest BCUT2D eigenvalue weighted by molar-refractivity contribution is 7.99. The summed E-state index contributed by atoms with van der Waals surface area (Å²) in [7, 11) is 0. The Balaban J connectivity index is 1.51. The minimum Gasteiger partial charge on any atom is -0.342 e. The number of piperidine rings is 1. The highest BCUT2D eigenvalue weighted by Crippen LogP contribution is 2.40. The van der Waals surface area contributed by atoms with Gasteiger partial charge in [-0.2, -0.15) is 0 Å². The number of aromatic nitrogens is 4. The van der Waals surface area contributed by atoms with E-state index in [9.17, 15) is 4.79 Å². The van der Waals surface area contributed by atoms with E-state index in [1.165, 1.54) is 40.4 Å². The summed E-state index contributed by atoms with van der Waals surface area (Å²) in [6, 6.07) is 0. The van der Waals surface area contributed by atoms with E-state index in [0.29, 0.717) is 11.7 Å². The van der Waals surface area contributed by atoms with E-state index in [0.717, 1.165) is 59.7 Å². The van der Waals surface area contributed by atoms with Gasteiger partial charge in [0.2, 0.25) is 5.91 Å². The number of amides is 1. The molecular weight excluding hydrogens is 426 g/mol. The molecule has 6 nitrogen and oxygen atoms in total. The quantitative estimate of drug-likeness (QED) is 0.519. The lowest BCUT2D eigenvalue weighted by atomic mass is 9.89. The fraction of sp³-hybridized carbons (Fsp3) is 0.652. The number of aryl methyl sites for hydroxylation is 1. The Hall–Kier alpha value is -1.67. The van der Waals surface area contributed by atoms with Crippen LogP contribution in [0.3, 0.4) is 0 Å². The lowest BCUT2D eigenvalue weighted by molar-refractivity contribution is -0.130. The van der Waals surface area contributed by atoms with Gasteiger partial charge in [0.15, 0.2) is 10.8 Å². The zero-order chi connectivity index (χ0) is 21.7. The summed E-state index contributed by atoms with van der Waals surface area (Å²) in [5.74, 6) is 3.17. The molecule has 2 atom stereocenters. The summed E-state index contributed by atoms with van der Waals surface area (Å²) >= 11 is 3.34. The Morgan fingerprint density at radius 3 is 2.84 bits per heavy atom. The van der Waals surface area contributed by atoms with Crippen LogP contribution in [-0.2, 0) is 17.6 Å². The lowest BCUT2D eigenvalue weighted by Gasteiger charge is -2.30. The molecule has 1 aliphatic carbocycles. The van der Waals surface area contributed by atoms with Crippen LogP contribution in [0.4, 0.5) is 0 Å². The van der Waals surface area contributed by atoms with E-state index in [1.807, 2.05) is 16.2 Å². The van der Waals surface area contributed by atoms with Gasteiger partial charge in [-0.1, -0.05) is 39.5 Å². The van der Waals surface area contributed by atoms with Crippen LogP contribution in [0.2, 0.25) is 0 Å². The lowest BCUT2D eigenvalue weighted by Crippen LogP contribution is -2.40. The molecule has 31 heavy (non-hydrogen) atoms. The van der Waals surface area contributed by atoms with E-state index in [2.05, 4.69) is 42.3 Å². The van der Waals surface area contributed by atoms with Crippen molar-refractivity contribution in [2.24, 2.45) is 11.8 Å². The molecule has 3 aromatic heterocycles. The van der Waals surface area contributed by atoms with Gasteiger partial charge in [0.05, 0.1) is 11.1 Å². The third kappa shape index (κ3) is 3.86. The van der Waals surface area contributed by atoms with Crippen LogP contribution >= 0.6 is 23.1 Å². The summed E-state index contributed by atoms with van der Waals surface area (Å²) in [6.45, 7) is 10.6. The second kappa shape index (κ2) is 8.35. The van der Waals surface area contributed by atoms with Crippen LogP contribution in [0.15, 0.2) is 5.16 Å². The number of thioether (sulfide) groups is 1. The maximum absolute atomic E-state index is 12.8. The fourth-order valence-corrected chi connectivity index (χ4v) is 7.18. The molecule has 1 aliphatic heterocycles. The Morgan fingerprint density at radius 1 is 1.23 bits per heavy atom. The third-order valence-corrected chi connectivity index (χ3v) is 8.71. The van der Waals surface area contributed by atoms with Gasteiger partial charge < -0.3 is 4.90 Å². The molecule has 1 fully saturated rings. The molecule has 0 bridgehead atoms. The summed E-state index contributed by atoms with van der Waals surface area (Å²) in [4.78, 5) is 22.5. The van der Waals surface area contributed by atoms with Crippen LogP contribution in [0.25, 0.3) is 15.9 Å². The number of hydrogen-bond donors (Lipinski definition) is 0. The maximum Gasteiger partial charge on any atom is 0.233 e. The Kier molecular flexibility index (Phi) is 5.71. The highest BCUT2D eigenvalue weighted by Gasteiger charge is 2.27. The minimum atomic E-state index is 0.204. The summed E-state index contributed by atoms with van der Waals surface area (Å²) in [5, 5.41) is 11.1. The van der Waals surface area contributed by atoms with Gasteiger partial charge >= 0.3 is 0 Å². The maximum atomic E-state index is 12.8. The molecule has 4 heterocycles. The second-order valence-corrected chi connectivity index (χ2v) is 11.7. The smallest absolute Gasteiger partial charge is 0.233 e. The Morgan fingerprint density at radius 2 is 2.06 bits per heavy atom. The SMILES string of the molecule is CC1CCc2c(sc3nc(C(C)C)n4c(SCC(=O)N5CCCC(C)C5)nnc4c23)C1. The van der Waals surface area contributed by atoms with Crippen molar-refractivity contribution in [3.8, 4) is 0 Å². The monoisotopic (exact) mass is 457 g/mol. The van der Waals surface area contributed by atoms with E-state index in [1.54, 1.807) is 0 Å². The molecule has 8 heteroatoms. The number of carbonyl (C=O) groups is 1. The number of nitrogens with zero attached hydrogens (tertiary/aromatic N) is 5. The Bertz CT molecular complexity index is 1130. The fourth-order valence-electron chi connectivity index (χ4n) is 4.95. The molecule has 1 saturated heterocycles. The number of fused-ring (bicyclic) bond motifs is 5. The predicted octanol–water partition coefficient (Wildman–Crippen LogP) is 4.94. The van der Waals surface area contributed by atoms with Gasteiger partial charge in [-0.25, -0.2) is 4.98 Å². The minimum absolute atomic E-state index is 0.204. The van der Waals surface area contributed by atoms with E-state index < -0.39 is 0 Å². The molecule has 166 valence electrons. The molecule has 1 amide bonds. The van der Waals surface area contributed by atoms with Crippen LogP contribution in [0.1, 0.15) is 69.1 Å². The molecule has 0 N–H and O–H groups in total. The number of hydrogen-bond acceptors (Lipinski definition) is 6. The van der Waals surface area contributed by atoms with Crippen molar-refractivity contribution in [1.82, 2.24) is 24.5 Å². The first-order valence-electron chi connectivity index (χ1n) is 11.5. The highest BCUT2D eigenvalue weighted by atomic mass is 32.2. The van der Waals surface area contributed by atoms with Crippen LogP contribution in [-0.4, -0.2) is 49.2 Å². The molecule has 0 aromatic carbocycles. The van der Waals surface area contributed by atoms with Gasteiger partial charge in [-0.05, 0) is 49.5 Å². The van der Waals surface area contributed by atoms with Gasteiger partial charge in [-0.3, -0.25) is 9.20 Å². The van der Waals surface area contributed by atoms with Crippen LogP contribution < -0.4 is 0 Å². The molecule has 5 rings (SSSR count). The number of thiophene rings is 1. The van der Waals surface area contributed by atoms with Crippen molar-refractivity contribution in [3.63, 3.8) is 0 Å².